The Hall–Kier alpha value is -1.49. The van der Waals surface area contributed by atoms with E-state index in [9.17, 15) is 0 Å². The molecule has 0 aliphatic rings. The van der Waals surface area contributed by atoms with Crippen LogP contribution in [0.3, 0.4) is 0 Å². The van der Waals surface area contributed by atoms with Crippen LogP contribution in [0, 0.1) is 0 Å². The van der Waals surface area contributed by atoms with E-state index in [4.69, 9.17) is 5.73 Å². The highest BCUT2D eigenvalue weighted by Gasteiger charge is 2.10. The number of pyridine rings is 1. The molecule has 0 fully saturated rings. The third-order valence-corrected chi connectivity index (χ3v) is 2.68. The van der Waals surface area contributed by atoms with E-state index in [0.29, 0.717) is 6.54 Å². The first-order chi connectivity index (χ1) is 8.20. The number of fused-ring (bicyclic) bond motifs is 1. The number of hydrogen-bond donors (Lipinski definition) is 2. The first kappa shape index (κ1) is 12.0. The van der Waals surface area contributed by atoms with E-state index in [-0.39, 0.29) is 6.04 Å². The van der Waals surface area contributed by atoms with Gasteiger partial charge in [-0.05, 0) is 23.8 Å². The summed E-state index contributed by atoms with van der Waals surface area (Å²) in [5.74, 6) is 0. The third kappa shape index (κ3) is 2.79. The fraction of sp³-hybridized carbons (Fsp3) is 0.308. The Kier molecular flexibility index (Phi) is 3.68. The minimum Gasteiger partial charge on any atom is -0.329 e. The minimum atomic E-state index is 0.134. The lowest BCUT2D eigenvalue weighted by Crippen LogP contribution is -2.37. The van der Waals surface area contributed by atoms with E-state index in [1.807, 2.05) is 31.2 Å². The highest BCUT2D eigenvalue weighted by Crippen LogP contribution is 2.18. The van der Waals surface area contributed by atoms with Crippen molar-refractivity contribution in [3.8, 4) is 0 Å². The summed E-state index contributed by atoms with van der Waals surface area (Å²) in [6.07, 6.45) is 1.81. The molecule has 3 N–H and O–H groups in total. The molecule has 1 heterocycles. The molecule has 1 unspecified atom stereocenters. The monoisotopic (exact) mass is 230 g/mol. The number of benzene rings is 1. The zero-order valence-electron chi connectivity index (χ0n) is 10.2. The van der Waals surface area contributed by atoms with Crippen molar-refractivity contribution < 1.29 is 0 Å². The van der Waals surface area contributed by atoms with Crippen molar-refractivity contribution in [1.29, 1.82) is 0 Å². The largest absolute Gasteiger partial charge is 0.329 e. The van der Waals surface area contributed by atoms with Crippen LogP contribution in [0.25, 0.3) is 10.9 Å². The topological polar surface area (TPSA) is 54.2 Å². The first-order valence-electron chi connectivity index (χ1n) is 5.69. The quantitative estimate of drug-likeness (QED) is 0.777. The predicted octanol–water partition coefficient (Wildman–Crippen LogP) is 1.30. The zero-order valence-corrected chi connectivity index (χ0v) is 10.2. The molecule has 2 aromatic rings. The fourth-order valence-electron chi connectivity index (χ4n) is 1.89. The molecular weight excluding hydrogens is 212 g/mol. The molecule has 4 nitrogen and oxygen atoms in total. The number of hydrogen-bond acceptors (Lipinski definition) is 4. The normalized spacial score (nSPS) is 13.2. The molecule has 90 valence electrons. The maximum Gasteiger partial charge on any atom is 0.0702 e. The molecular formula is C13H18N4. The SMILES string of the molecule is CN(C)NC(CN)c1ccc2ncccc2c1. The lowest BCUT2D eigenvalue weighted by Gasteiger charge is -2.22. The molecule has 1 atom stereocenters. The number of rotatable bonds is 4. The third-order valence-electron chi connectivity index (χ3n) is 2.68. The van der Waals surface area contributed by atoms with Crippen LogP contribution < -0.4 is 11.2 Å². The van der Waals surface area contributed by atoms with Crippen LogP contribution in [0.15, 0.2) is 36.5 Å². The van der Waals surface area contributed by atoms with Gasteiger partial charge in [-0.2, -0.15) is 0 Å². The average molecular weight is 230 g/mol. The Balaban J connectivity index is 2.34. The van der Waals surface area contributed by atoms with Crippen molar-refractivity contribution in [2.24, 2.45) is 5.73 Å². The lowest BCUT2D eigenvalue weighted by atomic mass is 10.0. The van der Waals surface area contributed by atoms with Crippen molar-refractivity contribution in [3.63, 3.8) is 0 Å². The van der Waals surface area contributed by atoms with Crippen LogP contribution in [0.4, 0.5) is 0 Å². The summed E-state index contributed by atoms with van der Waals surface area (Å²) in [6.45, 7) is 0.559. The molecule has 1 aromatic carbocycles. The molecule has 0 spiro atoms. The van der Waals surface area contributed by atoms with Gasteiger partial charge in [0.25, 0.3) is 0 Å². The lowest BCUT2D eigenvalue weighted by molar-refractivity contribution is 0.246. The molecule has 0 aliphatic heterocycles. The molecule has 0 radical (unpaired) electrons. The smallest absolute Gasteiger partial charge is 0.0702 e. The molecule has 0 aliphatic carbocycles. The van der Waals surface area contributed by atoms with E-state index < -0.39 is 0 Å². The van der Waals surface area contributed by atoms with E-state index >= 15 is 0 Å². The van der Waals surface area contributed by atoms with Crippen molar-refractivity contribution in [2.45, 2.75) is 6.04 Å². The maximum absolute atomic E-state index is 5.79. The molecule has 4 heteroatoms. The van der Waals surface area contributed by atoms with Gasteiger partial charge < -0.3 is 5.73 Å². The fourth-order valence-corrected chi connectivity index (χ4v) is 1.89. The van der Waals surface area contributed by atoms with Gasteiger partial charge in [0.2, 0.25) is 0 Å². The van der Waals surface area contributed by atoms with E-state index in [1.165, 1.54) is 5.56 Å². The molecule has 0 saturated heterocycles. The Morgan fingerprint density at radius 2 is 2.18 bits per heavy atom. The van der Waals surface area contributed by atoms with E-state index in [1.54, 1.807) is 6.20 Å². The number of nitrogens with two attached hydrogens (primary N) is 1. The second kappa shape index (κ2) is 5.23. The van der Waals surface area contributed by atoms with Gasteiger partial charge >= 0.3 is 0 Å². The average Bonchev–Trinajstić information content (AvgIpc) is 2.35. The van der Waals surface area contributed by atoms with Gasteiger partial charge in [0.05, 0.1) is 11.6 Å². The van der Waals surface area contributed by atoms with Crippen molar-refractivity contribution in [3.05, 3.63) is 42.1 Å². The van der Waals surface area contributed by atoms with Gasteiger partial charge in [-0.15, -0.1) is 0 Å². The van der Waals surface area contributed by atoms with Crippen LogP contribution in [-0.4, -0.2) is 30.6 Å². The minimum absolute atomic E-state index is 0.134. The summed E-state index contributed by atoms with van der Waals surface area (Å²) < 4.78 is 0. The number of nitrogens with zero attached hydrogens (tertiary/aromatic N) is 2. The van der Waals surface area contributed by atoms with Crippen LogP contribution in [0.1, 0.15) is 11.6 Å². The molecule has 0 saturated carbocycles. The highest BCUT2D eigenvalue weighted by molar-refractivity contribution is 5.79. The second-order valence-corrected chi connectivity index (χ2v) is 4.27. The second-order valence-electron chi connectivity index (χ2n) is 4.27. The van der Waals surface area contributed by atoms with Gasteiger partial charge in [0, 0.05) is 32.2 Å². The maximum atomic E-state index is 5.79. The highest BCUT2D eigenvalue weighted by atomic mass is 15.5. The summed E-state index contributed by atoms with van der Waals surface area (Å²) in [5, 5.41) is 3.06. The summed E-state index contributed by atoms with van der Waals surface area (Å²) in [6, 6.07) is 10.4. The Labute approximate surface area is 101 Å². The van der Waals surface area contributed by atoms with Crippen LogP contribution in [0.5, 0.6) is 0 Å². The standard InChI is InChI=1S/C13H18N4/c1-17(2)16-13(9-14)11-5-6-12-10(8-11)4-3-7-15-12/h3-8,13,16H,9,14H2,1-2H3. The predicted molar refractivity (Wildman–Crippen MR) is 70.4 cm³/mol. The Morgan fingerprint density at radius 3 is 2.88 bits per heavy atom. The van der Waals surface area contributed by atoms with Crippen LogP contribution in [0.2, 0.25) is 0 Å². The van der Waals surface area contributed by atoms with E-state index in [0.717, 1.165) is 10.9 Å². The van der Waals surface area contributed by atoms with Crippen molar-refractivity contribution in [2.75, 3.05) is 20.6 Å². The number of nitrogens with one attached hydrogen (secondary N) is 1. The number of aromatic nitrogens is 1. The summed E-state index contributed by atoms with van der Waals surface area (Å²) in [7, 11) is 3.93. The van der Waals surface area contributed by atoms with Crippen molar-refractivity contribution >= 4 is 10.9 Å². The van der Waals surface area contributed by atoms with Gasteiger partial charge in [0.15, 0.2) is 0 Å². The van der Waals surface area contributed by atoms with Gasteiger partial charge in [0.1, 0.15) is 0 Å². The summed E-state index contributed by atoms with van der Waals surface area (Å²) in [5.41, 5.74) is 11.3. The van der Waals surface area contributed by atoms with E-state index in [2.05, 4.69) is 28.6 Å². The van der Waals surface area contributed by atoms with Gasteiger partial charge in [-0.1, -0.05) is 12.1 Å². The first-order valence-corrected chi connectivity index (χ1v) is 5.69. The van der Waals surface area contributed by atoms with Gasteiger partial charge in [-0.25, -0.2) is 10.4 Å². The molecule has 17 heavy (non-hydrogen) atoms. The summed E-state index contributed by atoms with van der Waals surface area (Å²) in [4.78, 5) is 4.31. The zero-order chi connectivity index (χ0) is 12.3. The van der Waals surface area contributed by atoms with Crippen LogP contribution >= 0.6 is 0 Å². The molecule has 0 amide bonds. The van der Waals surface area contributed by atoms with Crippen molar-refractivity contribution in [1.82, 2.24) is 15.4 Å². The van der Waals surface area contributed by atoms with Crippen LogP contribution in [-0.2, 0) is 0 Å². The number of hydrazine groups is 1. The Bertz CT molecular complexity index is 495. The molecule has 2 rings (SSSR count). The molecule has 1 aromatic heterocycles. The Morgan fingerprint density at radius 1 is 1.35 bits per heavy atom. The molecule has 0 bridgehead atoms. The summed E-state index contributed by atoms with van der Waals surface area (Å²) >= 11 is 0. The van der Waals surface area contributed by atoms with Gasteiger partial charge in [-0.3, -0.25) is 4.98 Å².